The Morgan fingerprint density at radius 2 is 1.85 bits per heavy atom. The molecule has 0 aliphatic carbocycles. The zero-order valence-electron chi connectivity index (χ0n) is 13.9. The first-order chi connectivity index (χ1) is 12.4. The van der Waals surface area contributed by atoms with Crippen LogP contribution in [-0.2, 0) is 11.3 Å². The van der Waals surface area contributed by atoms with Crippen LogP contribution in [-0.4, -0.2) is 37.1 Å². The molecule has 0 spiro atoms. The number of benzene rings is 2. The highest BCUT2D eigenvalue weighted by Gasteiger charge is 2.16. The molecular formula is C18H16Cl2N2O4. The zero-order chi connectivity index (χ0) is 18.7. The van der Waals surface area contributed by atoms with Crippen LogP contribution in [0.3, 0.4) is 0 Å². The average molecular weight is 395 g/mol. The van der Waals surface area contributed by atoms with E-state index in [0.29, 0.717) is 28.6 Å². The van der Waals surface area contributed by atoms with Crippen molar-refractivity contribution in [2.24, 2.45) is 0 Å². The molecule has 2 aromatic carbocycles. The Bertz CT molecular complexity index is 857. The molecule has 0 bridgehead atoms. The fourth-order valence-electron chi connectivity index (χ4n) is 2.43. The molecule has 0 radical (unpaired) electrons. The Morgan fingerprint density at radius 3 is 2.62 bits per heavy atom. The summed E-state index contributed by atoms with van der Waals surface area (Å²) < 4.78 is 10.6. The lowest BCUT2D eigenvalue weighted by Crippen LogP contribution is -2.37. The second-order valence-corrected chi connectivity index (χ2v) is 6.56. The van der Waals surface area contributed by atoms with Crippen LogP contribution in [0.25, 0.3) is 0 Å². The number of hydrogen-bond donors (Lipinski definition) is 1. The number of hydrogen-bond acceptors (Lipinski definition) is 4. The SMILES string of the molecule is CN(Cc1ccc2c(c1)OCO2)C(=O)CNC(=O)c1ccc(Cl)c(Cl)c1. The third-order valence-electron chi connectivity index (χ3n) is 3.86. The first kappa shape index (κ1) is 18.4. The molecule has 0 unspecified atom stereocenters. The minimum Gasteiger partial charge on any atom is -0.454 e. The van der Waals surface area contributed by atoms with Crippen molar-refractivity contribution >= 4 is 35.0 Å². The van der Waals surface area contributed by atoms with Gasteiger partial charge in [-0.15, -0.1) is 0 Å². The average Bonchev–Trinajstić information content (AvgIpc) is 3.09. The van der Waals surface area contributed by atoms with Gasteiger partial charge in [-0.1, -0.05) is 29.3 Å². The highest BCUT2D eigenvalue weighted by atomic mass is 35.5. The number of likely N-dealkylation sites (N-methyl/N-ethyl adjacent to an activating group) is 1. The van der Waals surface area contributed by atoms with Gasteiger partial charge in [0.1, 0.15) is 0 Å². The molecule has 1 aliphatic rings. The molecule has 8 heteroatoms. The van der Waals surface area contributed by atoms with Gasteiger partial charge in [0.25, 0.3) is 5.91 Å². The van der Waals surface area contributed by atoms with E-state index in [2.05, 4.69) is 5.32 Å². The van der Waals surface area contributed by atoms with Gasteiger partial charge in [0, 0.05) is 19.2 Å². The van der Waals surface area contributed by atoms with Gasteiger partial charge in [0.2, 0.25) is 12.7 Å². The van der Waals surface area contributed by atoms with Gasteiger partial charge in [-0.05, 0) is 35.9 Å². The lowest BCUT2D eigenvalue weighted by molar-refractivity contribution is -0.129. The van der Waals surface area contributed by atoms with Gasteiger partial charge >= 0.3 is 0 Å². The Labute approximate surface area is 160 Å². The number of halogens is 2. The lowest BCUT2D eigenvalue weighted by atomic mass is 10.2. The molecule has 0 atom stereocenters. The molecule has 136 valence electrons. The Morgan fingerprint density at radius 1 is 1.08 bits per heavy atom. The van der Waals surface area contributed by atoms with E-state index in [0.717, 1.165) is 5.56 Å². The van der Waals surface area contributed by atoms with E-state index < -0.39 is 5.91 Å². The number of rotatable bonds is 5. The molecule has 0 saturated carbocycles. The van der Waals surface area contributed by atoms with E-state index in [1.54, 1.807) is 13.1 Å². The Kier molecular flexibility index (Phi) is 5.54. The van der Waals surface area contributed by atoms with Crippen LogP contribution in [0, 0.1) is 0 Å². The second kappa shape index (κ2) is 7.85. The van der Waals surface area contributed by atoms with Gasteiger partial charge in [-0.2, -0.15) is 0 Å². The number of fused-ring (bicyclic) bond motifs is 1. The molecule has 2 aromatic rings. The van der Waals surface area contributed by atoms with Crippen LogP contribution in [0.4, 0.5) is 0 Å². The predicted octanol–water partition coefficient (Wildman–Crippen LogP) is 3.11. The highest BCUT2D eigenvalue weighted by Crippen LogP contribution is 2.32. The minimum absolute atomic E-state index is 0.125. The lowest BCUT2D eigenvalue weighted by Gasteiger charge is -2.18. The second-order valence-electron chi connectivity index (χ2n) is 5.75. The smallest absolute Gasteiger partial charge is 0.251 e. The Hall–Kier alpha value is -2.44. The largest absolute Gasteiger partial charge is 0.454 e. The molecule has 1 heterocycles. The zero-order valence-corrected chi connectivity index (χ0v) is 15.4. The number of carbonyl (C=O) groups excluding carboxylic acids is 2. The quantitative estimate of drug-likeness (QED) is 0.845. The standard InChI is InChI=1S/C18H16Cl2N2O4/c1-22(9-11-2-5-15-16(6-11)26-10-25-15)17(23)8-21-18(24)12-3-4-13(19)14(20)7-12/h2-7H,8-10H2,1H3,(H,21,24). The summed E-state index contributed by atoms with van der Waals surface area (Å²) in [6.07, 6.45) is 0. The molecule has 1 N–H and O–H groups in total. The van der Waals surface area contributed by atoms with Crippen molar-refractivity contribution in [1.82, 2.24) is 10.2 Å². The molecule has 0 saturated heterocycles. The fraction of sp³-hybridized carbons (Fsp3) is 0.222. The number of amides is 2. The molecule has 2 amide bonds. The molecule has 3 rings (SSSR count). The maximum Gasteiger partial charge on any atom is 0.251 e. The van der Waals surface area contributed by atoms with E-state index in [9.17, 15) is 9.59 Å². The van der Waals surface area contributed by atoms with E-state index in [-0.39, 0.29) is 24.3 Å². The summed E-state index contributed by atoms with van der Waals surface area (Å²) in [5.41, 5.74) is 1.24. The van der Waals surface area contributed by atoms with Crippen molar-refractivity contribution in [2.45, 2.75) is 6.54 Å². The van der Waals surface area contributed by atoms with E-state index in [1.807, 2.05) is 18.2 Å². The molecule has 0 aromatic heterocycles. The van der Waals surface area contributed by atoms with E-state index in [1.165, 1.54) is 17.0 Å². The maximum absolute atomic E-state index is 12.2. The first-order valence-corrected chi connectivity index (χ1v) is 8.55. The van der Waals surface area contributed by atoms with Crippen molar-refractivity contribution in [2.75, 3.05) is 20.4 Å². The van der Waals surface area contributed by atoms with E-state index in [4.69, 9.17) is 32.7 Å². The van der Waals surface area contributed by atoms with Crippen molar-refractivity contribution in [3.8, 4) is 11.5 Å². The molecular weight excluding hydrogens is 379 g/mol. The number of nitrogens with one attached hydrogen (secondary N) is 1. The summed E-state index contributed by atoms with van der Waals surface area (Å²) in [5.74, 6) is 0.734. The van der Waals surface area contributed by atoms with Crippen LogP contribution in [0.15, 0.2) is 36.4 Å². The summed E-state index contributed by atoms with van der Waals surface area (Å²) in [4.78, 5) is 25.9. The first-order valence-electron chi connectivity index (χ1n) is 7.80. The van der Waals surface area contributed by atoms with Crippen LogP contribution >= 0.6 is 23.2 Å². The number of carbonyl (C=O) groups is 2. The van der Waals surface area contributed by atoms with Crippen molar-refractivity contribution in [3.05, 3.63) is 57.6 Å². The fourth-order valence-corrected chi connectivity index (χ4v) is 2.73. The monoisotopic (exact) mass is 394 g/mol. The van der Waals surface area contributed by atoms with Crippen molar-refractivity contribution < 1.29 is 19.1 Å². The predicted molar refractivity (Wildman–Crippen MR) is 97.8 cm³/mol. The van der Waals surface area contributed by atoms with Gasteiger partial charge in [-0.3, -0.25) is 9.59 Å². The molecule has 6 nitrogen and oxygen atoms in total. The summed E-state index contributed by atoms with van der Waals surface area (Å²) in [6.45, 7) is 0.465. The van der Waals surface area contributed by atoms with Crippen LogP contribution < -0.4 is 14.8 Å². The molecule has 26 heavy (non-hydrogen) atoms. The Balaban J connectivity index is 1.54. The third-order valence-corrected chi connectivity index (χ3v) is 4.60. The van der Waals surface area contributed by atoms with Gasteiger partial charge in [0.15, 0.2) is 11.5 Å². The summed E-state index contributed by atoms with van der Waals surface area (Å²) >= 11 is 11.7. The van der Waals surface area contributed by atoms with Crippen LogP contribution in [0.5, 0.6) is 11.5 Å². The highest BCUT2D eigenvalue weighted by molar-refractivity contribution is 6.42. The summed E-state index contributed by atoms with van der Waals surface area (Å²) in [7, 11) is 1.66. The summed E-state index contributed by atoms with van der Waals surface area (Å²) in [6, 6.07) is 10.0. The topological polar surface area (TPSA) is 67.9 Å². The number of nitrogens with zero attached hydrogens (tertiary/aromatic N) is 1. The molecule has 1 aliphatic heterocycles. The van der Waals surface area contributed by atoms with Gasteiger partial charge in [0.05, 0.1) is 16.6 Å². The van der Waals surface area contributed by atoms with E-state index >= 15 is 0 Å². The summed E-state index contributed by atoms with van der Waals surface area (Å²) in [5, 5.41) is 3.22. The van der Waals surface area contributed by atoms with Crippen molar-refractivity contribution in [1.29, 1.82) is 0 Å². The van der Waals surface area contributed by atoms with Crippen LogP contribution in [0.2, 0.25) is 10.0 Å². The minimum atomic E-state index is -0.395. The molecule has 0 fully saturated rings. The van der Waals surface area contributed by atoms with Crippen molar-refractivity contribution in [3.63, 3.8) is 0 Å². The normalized spacial score (nSPS) is 12.0. The van der Waals surface area contributed by atoms with Gasteiger partial charge < -0.3 is 19.7 Å². The third kappa shape index (κ3) is 4.20. The maximum atomic E-state index is 12.2. The number of ether oxygens (including phenoxy) is 2. The van der Waals surface area contributed by atoms with Crippen LogP contribution in [0.1, 0.15) is 15.9 Å². The van der Waals surface area contributed by atoms with Gasteiger partial charge in [-0.25, -0.2) is 0 Å².